The summed E-state index contributed by atoms with van der Waals surface area (Å²) in [6.07, 6.45) is -3.17. The van der Waals surface area contributed by atoms with E-state index >= 15 is 0 Å². The van der Waals surface area contributed by atoms with Gasteiger partial charge in [-0.3, -0.25) is 5.10 Å². The standard InChI is InChI=1S/C12H11F4N3/c1-7(11-4-5-17-19-11)18-8-2-3-10(13)9(6-8)12(14,15)16/h2-7,18H,1H3,(H,17,19). The van der Waals surface area contributed by atoms with Crippen LogP contribution in [-0.4, -0.2) is 10.2 Å². The SMILES string of the molecule is CC(Nc1ccc(F)c(C(F)(F)F)c1)c1ccn[nH]1. The molecular formula is C12H11F4N3. The number of benzene rings is 1. The molecule has 1 aromatic heterocycles. The molecule has 1 atom stereocenters. The number of nitrogens with zero attached hydrogens (tertiary/aromatic N) is 1. The van der Waals surface area contributed by atoms with Gasteiger partial charge in [-0.2, -0.15) is 18.3 Å². The first-order valence-corrected chi connectivity index (χ1v) is 5.50. The molecule has 0 aliphatic carbocycles. The van der Waals surface area contributed by atoms with E-state index in [0.717, 1.165) is 17.8 Å². The number of hydrogen-bond donors (Lipinski definition) is 2. The Balaban J connectivity index is 2.22. The van der Waals surface area contributed by atoms with Crippen LogP contribution in [0.25, 0.3) is 0 Å². The minimum absolute atomic E-state index is 0.191. The minimum Gasteiger partial charge on any atom is -0.377 e. The van der Waals surface area contributed by atoms with Crippen molar-refractivity contribution < 1.29 is 17.6 Å². The molecule has 2 rings (SSSR count). The Kier molecular flexibility index (Phi) is 3.46. The number of halogens is 4. The van der Waals surface area contributed by atoms with E-state index in [1.165, 1.54) is 6.07 Å². The van der Waals surface area contributed by atoms with Crippen molar-refractivity contribution >= 4 is 5.69 Å². The molecule has 2 aromatic rings. The van der Waals surface area contributed by atoms with Gasteiger partial charge in [0, 0.05) is 11.9 Å². The van der Waals surface area contributed by atoms with Crippen molar-refractivity contribution in [3.63, 3.8) is 0 Å². The summed E-state index contributed by atoms with van der Waals surface area (Å²) < 4.78 is 50.8. The molecule has 0 fully saturated rings. The zero-order valence-corrected chi connectivity index (χ0v) is 9.92. The fourth-order valence-corrected chi connectivity index (χ4v) is 1.67. The topological polar surface area (TPSA) is 40.7 Å². The minimum atomic E-state index is -4.71. The molecular weight excluding hydrogens is 262 g/mol. The quantitative estimate of drug-likeness (QED) is 0.836. The van der Waals surface area contributed by atoms with Crippen LogP contribution in [-0.2, 0) is 6.18 Å². The molecule has 0 amide bonds. The van der Waals surface area contributed by atoms with Gasteiger partial charge in [-0.15, -0.1) is 0 Å². The first-order valence-electron chi connectivity index (χ1n) is 5.50. The third-order valence-corrected chi connectivity index (χ3v) is 2.64. The Hall–Kier alpha value is -2.05. The fourth-order valence-electron chi connectivity index (χ4n) is 1.67. The molecule has 0 saturated heterocycles. The van der Waals surface area contributed by atoms with Crippen molar-refractivity contribution in [1.29, 1.82) is 0 Å². The van der Waals surface area contributed by atoms with Crippen LogP contribution in [0.1, 0.15) is 24.2 Å². The maximum atomic E-state index is 13.1. The Morgan fingerprint density at radius 1 is 1.26 bits per heavy atom. The number of hydrogen-bond acceptors (Lipinski definition) is 2. The van der Waals surface area contributed by atoms with E-state index < -0.39 is 17.6 Å². The maximum absolute atomic E-state index is 13.1. The van der Waals surface area contributed by atoms with Crippen molar-refractivity contribution in [1.82, 2.24) is 10.2 Å². The molecule has 7 heteroatoms. The number of nitrogens with one attached hydrogen (secondary N) is 2. The van der Waals surface area contributed by atoms with Gasteiger partial charge in [-0.05, 0) is 31.2 Å². The third-order valence-electron chi connectivity index (χ3n) is 2.64. The summed E-state index contributed by atoms with van der Waals surface area (Å²) in [5, 5.41) is 9.30. The van der Waals surface area contributed by atoms with Crippen LogP contribution in [0, 0.1) is 5.82 Å². The number of anilines is 1. The lowest BCUT2D eigenvalue weighted by atomic mass is 10.1. The number of alkyl halides is 3. The van der Waals surface area contributed by atoms with Crippen LogP contribution in [0.2, 0.25) is 0 Å². The van der Waals surface area contributed by atoms with Crippen LogP contribution < -0.4 is 5.32 Å². The highest BCUT2D eigenvalue weighted by atomic mass is 19.4. The van der Waals surface area contributed by atoms with Crippen LogP contribution >= 0.6 is 0 Å². The van der Waals surface area contributed by atoms with E-state index in [9.17, 15) is 17.6 Å². The van der Waals surface area contributed by atoms with Gasteiger partial charge in [0.15, 0.2) is 0 Å². The van der Waals surface area contributed by atoms with Crippen LogP contribution in [0.5, 0.6) is 0 Å². The summed E-state index contributed by atoms with van der Waals surface area (Å²) >= 11 is 0. The van der Waals surface area contributed by atoms with Gasteiger partial charge in [0.1, 0.15) is 5.82 Å². The molecule has 0 radical (unpaired) electrons. The lowest BCUT2D eigenvalue weighted by Crippen LogP contribution is -2.11. The second-order valence-electron chi connectivity index (χ2n) is 4.07. The molecule has 0 bridgehead atoms. The van der Waals surface area contributed by atoms with Crippen molar-refractivity contribution in [3.05, 3.63) is 47.5 Å². The molecule has 2 N–H and O–H groups in total. The summed E-state index contributed by atoms with van der Waals surface area (Å²) in [4.78, 5) is 0. The van der Waals surface area contributed by atoms with Gasteiger partial charge < -0.3 is 5.32 Å². The molecule has 1 aromatic carbocycles. The molecule has 19 heavy (non-hydrogen) atoms. The lowest BCUT2D eigenvalue weighted by Gasteiger charge is -2.15. The Morgan fingerprint density at radius 3 is 2.58 bits per heavy atom. The normalized spacial score (nSPS) is 13.3. The van der Waals surface area contributed by atoms with Crippen LogP contribution in [0.4, 0.5) is 23.2 Å². The number of aromatic nitrogens is 2. The number of H-pyrrole nitrogens is 1. The fraction of sp³-hybridized carbons (Fsp3) is 0.250. The summed E-state index contributed by atoms with van der Waals surface area (Å²) in [5.41, 5.74) is -0.372. The zero-order chi connectivity index (χ0) is 14.0. The van der Waals surface area contributed by atoms with Gasteiger partial charge in [0.2, 0.25) is 0 Å². The maximum Gasteiger partial charge on any atom is 0.419 e. The molecule has 0 spiro atoms. The molecule has 0 saturated carbocycles. The molecule has 0 aliphatic rings. The number of aromatic amines is 1. The second-order valence-corrected chi connectivity index (χ2v) is 4.07. The van der Waals surface area contributed by atoms with Gasteiger partial charge in [0.05, 0.1) is 17.3 Å². The number of rotatable bonds is 3. The average Bonchev–Trinajstić information content (AvgIpc) is 2.83. The van der Waals surface area contributed by atoms with E-state index in [1.807, 2.05) is 0 Å². The van der Waals surface area contributed by atoms with Crippen molar-refractivity contribution in [2.45, 2.75) is 19.1 Å². The zero-order valence-electron chi connectivity index (χ0n) is 9.92. The second kappa shape index (κ2) is 4.91. The van der Waals surface area contributed by atoms with Crippen LogP contribution in [0.15, 0.2) is 30.5 Å². The summed E-state index contributed by atoms with van der Waals surface area (Å²) in [6.45, 7) is 1.75. The average molecular weight is 273 g/mol. The third kappa shape index (κ3) is 3.04. The largest absolute Gasteiger partial charge is 0.419 e. The van der Waals surface area contributed by atoms with E-state index in [4.69, 9.17) is 0 Å². The highest BCUT2D eigenvalue weighted by Gasteiger charge is 2.34. The van der Waals surface area contributed by atoms with Crippen LogP contribution in [0.3, 0.4) is 0 Å². The van der Waals surface area contributed by atoms with Crippen molar-refractivity contribution in [2.24, 2.45) is 0 Å². The Morgan fingerprint density at radius 2 is 2.00 bits per heavy atom. The van der Waals surface area contributed by atoms with Crippen molar-refractivity contribution in [2.75, 3.05) is 5.32 Å². The molecule has 1 heterocycles. The van der Waals surface area contributed by atoms with Gasteiger partial charge in [-0.1, -0.05) is 0 Å². The smallest absolute Gasteiger partial charge is 0.377 e. The molecule has 0 aliphatic heterocycles. The summed E-state index contributed by atoms with van der Waals surface area (Å²) in [5.74, 6) is -1.28. The first-order chi connectivity index (χ1) is 8.88. The van der Waals surface area contributed by atoms with E-state index in [0.29, 0.717) is 0 Å². The van der Waals surface area contributed by atoms with E-state index in [2.05, 4.69) is 15.5 Å². The molecule has 3 nitrogen and oxygen atoms in total. The molecule has 102 valence electrons. The van der Waals surface area contributed by atoms with Gasteiger partial charge in [-0.25, -0.2) is 4.39 Å². The van der Waals surface area contributed by atoms with E-state index in [1.54, 1.807) is 19.2 Å². The predicted molar refractivity (Wildman–Crippen MR) is 62.0 cm³/mol. The molecule has 1 unspecified atom stereocenters. The van der Waals surface area contributed by atoms with Gasteiger partial charge >= 0.3 is 6.18 Å². The lowest BCUT2D eigenvalue weighted by molar-refractivity contribution is -0.139. The highest BCUT2D eigenvalue weighted by molar-refractivity contribution is 5.48. The van der Waals surface area contributed by atoms with Gasteiger partial charge in [0.25, 0.3) is 0 Å². The summed E-state index contributed by atoms with van der Waals surface area (Å²) in [7, 11) is 0. The summed E-state index contributed by atoms with van der Waals surface area (Å²) in [6, 6.07) is 4.24. The Bertz CT molecular complexity index is 549. The van der Waals surface area contributed by atoms with E-state index in [-0.39, 0.29) is 11.7 Å². The highest BCUT2D eigenvalue weighted by Crippen LogP contribution is 2.33. The first kappa shape index (κ1) is 13.4. The van der Waals surface area contributed by atoms with Crippen molar-refractivity contribution in [3.8, 4) is 0 Å². The Labute approximate surface area is 106 Å². The predicted octanol–water partition coefficient (Wildman–Crippen LogP) is 3.74. The monoisotopic (exact) mass is 273 g/mol.